The Labute approximate surface area is 172 Å². The third-order valence-corrected chi connectivity index (χ3v) is 4.72. The number of nitro groups is 1. The van der Waals surface area contributed by atoms with Gasteiger partial charge in [-0.05, 0) is 50.6 Å². The second kappa shape index (κ2) is 8.64. The molecule has 1 amide bonds. The fourth-order valence-electron chi connectivity index (χ4n) is 3.11. The molecule has 3 rings (SSSR count). The van der Waals surface area contributed by atoms with E-state index in [1.54, 1.807) is 32.2 Å². The van der Waals surface area contributed by atoms with Crippen LogP contribution >= 0.6 is 0 Å². The summed E-state index contributed by atoms with van der Waals surface area (Å²) in [4.78, 5) is 34.9. The lowest BCUT2D eigenvalue weighted by Crippen LogP contribution is -2.21. The fourth-order valence-corrected chi connectivity index (χ4v) is 3.11. The average molecular weight is 411 g/mol. The number of nitro benzene ring substituents is 1. The standard InChI is InChI=1S/C21H21N3O6/c1-13-9-16(24(27)28)6-7-19(13)22-20(25)12-30-21(26)18-10-14(2)23(15(18)3)11-17-5-4-8-29-17/h4-10H,11-12H2,1-3H3,(H,22,25). The number of non-ortho nitro benzene ring substituents is 1. The number of hydrogen-bond acceptors (Lipinski definition) is 6. The highest BCUT2D eigenvalue weighted by Gasteiger charge is 2.19. The summed E-state index contributed by atoms with van der Waals surface area (Å²) in [6.45, 7) is 5.32. The SMILES string of the molecule is Cc1cc([N+](=O)[O-])ccc1NC(=O)COC(=O)c1cc(C)n(Cc2ccco2)c1C. The predicted molar refractivity (Wildman–Crippen MR) is 108 cm³/mol. The molecule has 2 aromatic heterocycles. The molecule has 2 heterocycles. The molecule has 0 aliphatic rings. The number of ether oxygens (including phenoxy) is 1. The zero-order chi connectivity index (χ0) is 21.8. The Bertz CT molecular complexity index is 1100. The van der Waals surface area contributed by atoms with Crippen molar-refractivity contribution in [3.63, 3.8) is 0 Å². The third kappa shape index (κ3) is 4.57. The van der Waals surface area contributed by atoms with E-state index in [9.17, 15) is 19.7 Å². The number of nitrogens with zero attached hydrogens (tertiary/aromatic N) is 2. The Morgan fingerprint density at radius 2 is 1.97 bits per heavy atom. The Morgan fingerprint density at radius 3 is 2.60 bits per heavy atom. The zero-order valence-corrected chi connectivity index (χ0v) is 16.8. The molecule has 0 aliphatic heterocycles. The maximum absolute atomic E-state index is 12.5. The topological polar surface area (TPSA) is 117 Å². The number of amides is 1. The Morgan fingerprint density at radius 1 is 1.20 bits per heavy atom. The lowest BCUT2D eigenvalue weighted by atomic mass is 10.2. The van der Waals surface area contributed by atoms with Crippen molar-refractivity contribution in [3.8, 4) is 0 Å². The van der Waals surface area contributed by atoms with E-state index >= 15 is 0 Å². The average Bonchev–Trinajstić information content (AvgIpc) is 3.31. The normalized spacial score (nSPS) is 10.6. The predicted octanol–water partition coefficient (Wildman–Crippen LogP) is 3.76. The number of furan rings is 1. The maximum atomic E-state index is 12.5. The molecular weight excluding hydrogens is 390 g/mol. The molecule has 1 N–H and O–H groups in total. The van der Waals surface area contributed by atoms with Crippen molar-refractivity contribution in [1.29, 1.82) is 0 Å². The molecule has 9 nitrogen and oxygen atoms in total. The van der Waals surface area contributed by atoms with Gasteiger partial charge in [0.2, 0.25) is 0 Å². The van der Waals surface area contributed by atoms with Gasteiger partial charge in [0.25, 0.3) is 11.6 Å². The molecule has 0 saturated carbocycles. The Kier molecular flexibility index (Phi) is 6.01. The summed E-state index contributed by atoms with van der Waals surface area (Å²) < 4.78 is 12.4. The second-order valence-electron chi connectivity index (χ2n) is 6.83. The minimum Gasteiger partial charge on any atom is -0.467 e. The van der Waals surface area contributed by atoms with E-state index in [1.165, 1.54) is 18.2 Å². The summed E-state index contributed by atoms with van der Waals surface area (Å²) in [5.41, 5.74) is 2.83. The van der Waals surface area contributed by atoms with E-state index in [2.05, 4.69) is 5.32 Å². The van der Waals surface area contributed by atoms with Crippen LogP contribution in [-0.2, 0) is 16.1 Å². The van der Waals surface area contributed by atoms with Gasteiger partial charge in [-0.3, -0.25) is 14.9 Å². The molecule has 0 spiro atoms. The van der Waals surface area contributed by atoms with Crippen LogP contribution in [0.25, 0.3) is 0 Å². The largest absolute Gasteiger partial charge is 0.467 e. The molecule has 0 unspecified atom stereocenters. The number of nitrogens with one attached hydrogen (secondary N) is 1. The van der Waals surface area contributed by atoms with Crippen molar-refractivity contribution in [2.45, 2.75) is 27.3 Å². The number of carbonyl (C=O) groups excluding carboxylic acids is 2. The summed E-state index contributed by atoms with van der Waals surface area (Å²) in [7, 11) is 0. The summed E-state index contributed by atoms with van der Waals surface area (Å²) in [5, 5.41) is 13.4. The number of anilines is 1. The third-order valence-electron chi connectivity index (χ3n) is 4.72. The number of aromatic nitrogens is 1. The van der Waals surface area contributed by atoms with E-state index in [4.69, 9.17) is 9.15 Å². The Balaban J connectivity index is 1.62. The summed E-state index contributed by atoms with van der Waals surface area (Å²) in [5.74, 6) is -0.386. The lowest BCUT2D eigenvalue weighted by Gasteiger charge is -2.10. The molecule has 3 aromatic rings. The van der Waals surface area contributed by atoms with E-state index in [0.717, 1.165) is 11.5 Å². The van der Waals surface area contributed by atoms with E-state index in [-0.39, 0.29) is 5.69 Å². The van der Waals surface area contributed by atoms with Crippen LogP contribution in [0.3, 0.4) is 0 Å². The highest BCUT2D eigenvalue weighted by Crippen LogP contribution is 2.21. The molecular formula is C21H21N3O6. The highest BCUT2D eigenvalue weighted by atomic mass is 16.6. The quantitative estimate of drug-likeness (QED) is 0.359. The van der Waals surface area contributed by atoms with Gasteiger partial charge in [0.05, 0.1) is 23.3 Å². The van der Waals surface area contributed by atoms with E-state index in [0.29, 0.717) is 29.1 Å². The molecule has 156 valence electrons. The van der Waals surface area contributed by atoms with Crippen molar-refractivity contribution in [2.24, 2.45) is 0 Å². The van der Waals surface area contributed by atoms with Crippen LogP contribution < -0.4 is 5.32 Å². The van der Waals surface area contributed by atoms with Gasteiger partial charge in [0, 0.05) is 29.2 Å². The van der Waals surface area contributed by atoms with Crippen molar-refractivity contribution in [1.82, 2.24) is 4.57 Å². The van der Waals surface area contributed by atoms with Crippen LogP contribution in [-0.4, -0.2) is 28.0 Å². The van der Waals surface area contributed by atoms with Crippen LogP contribution in [0.2, 0.25) is 0 Å². The summed E-state index contributed by atoms with van der Waals surface area (Å²) >= 11 is 0. The van der Waals surface area contributed by atoms with Gasteiger partial charge in [0.1, 0.15) is 5.76 Å². The smallest absolute Gasteiger partial charge is 0.340 e. The van der Waals surface area contributed by atoms with Gasteiger partial charge in [-0.2, -0.15) is 0 Å². The first-order chi connectivity index (χ1) is 14.3. The number of esters is 1. The summed E-state index contributed by atoms with van der Waals surface area (Å²) in [6, 6.07) is 9.44. The fraction of sp³-hybridized carbons (Fsp3) is 0.238. The Hall–Kier alpha value is -3.88. The first kappa shape index (κ1) is 20.8. The van der Waals surface area contributed by atoms with Gasteiger partial charge in [-0.15, -0.1) is 0 Å². The molecule has 9 heteroatoms. The molecule has 0 saturated heterocycles. The molecule has 1 aromatic carbocycles. The zero-order valence-electron chi connectivity index (χ0n) is 16.8. The number of benzene rings is 1. The highest BCUT2D eigenvalue weighted by molar-refractivity contribution is 5.96. The molecule has 0 aliphatic carbocycles. The molecule has 0 atom stereocenters. The number of rotatable bonds is 7. The van der Waals surface area contributed by atoms with Crippen LogP contribution in [0.4, 0.5) is 11.4 Å². The molecule has 30 heavy (non-hydrogen) atoms. The molecule has 0 fully saturated rings. The molecule has 0 radical (unpaired) electrons. The van der Waals surface area contributed by atoms with Crippen LogP contribution in [0.15, 0.2) is 47.1 Å². The van der Waals surface area contributed by atoms with Crippen molar-refractivity contribution in [3.05, 3.63) is 81.1 Å². The van der Waals surface area contributed by atoms with Crippen LogP contribution in [0.5, 0.6) is 0 Å². The summed E-state index contributed by atoms with van der Waals surface area (Å²) in [6.07, 6.45) is 1.59. The van der Waals surface area contributed by atoms with Crippen LogP contribution in [0.1, 0.15) is 33.1 Å². The maximum Gasteiger partial charge on any atom is 0.340 e. The van der Waals surface area contributed by atoms with Crippen molar-refractivity contribution >= 4 is 23.3 Å². The van der Waals surface area contributed by atoms with Gasteiger partial charge in [-0.1, -0.05) is 0 Å². The van der Waals surface area contributed by atoms with E-state index < -0.39 is 23.4 Å². The first-order valence-corrected chi connectivity index (χ1v) is 9.17. The second-order valence-corrected chi connectivity index (χ2v) is 6.83. The number of hydrogen-bond donors (Lipinski definition) is 1. The van der Waals surface area contributed by atoms with Gasteiger partial charge < -0.3 is 19.0 Å². The molecule has 0 bridgehead atoms. The van der Waals surface area contributed by atoms with Gasteiger partial charge in [-0.25, -0.2) is 4.79 Å². The van der Waals surface area contributed by atoms with Crippen LogP contribution in [0, 0.1) is 30.9 Å². The number of aryl methyl sites for hydroxylation is 2. The number of carbonyl (C=O) groups is 2. The minimum atomic E-state index is -0.607. The first-order valence-electron chi connectivity index (χ1n) is 9.17. The van der Waals surface area contributed by atoms with Crippen molar-refractivity contribution < 1.29 is 23.7 Å². The monoisotopic (exact) mass is 411 g/mol. The minimum absolute atomic E-state index is 0.0677. The van der Waals surface area contributed by atoms with Crippen molar-refractivity contribution in [2.75, 3.05) is 11.9 Å². The van der Waals surface area contributed by atoms with Gasteiger partial charge >= 0.3 is 5.97 Å². The van der Waals surface area contributed by atoms with E-state index in [1.807, 2.05) is 17.6 Å². The lowest BCUT2D eigenvalue weighted by molar-refractivity contribution is -0.384. The van der Waals surface area contributed by atoms with Gasteiger partial charge in [0.15, 0.2) is 6.61 Å².